The average Bonchev–Trinajstić information content (AvgIpc) is 3.03. The molecule has 2 aromatic carbocycles. The molecule has 1 amide bonds. The summed E-state index contributed by atoms with van der Waals surface area (Å²) in [5.74, 6) is -6.32. The Morgan fingerprint density at radius 1 is 1.08 bits per heavy atom. The summed E-state index contributed by atoms with van der Waals surface area (Å²) in [4.78, 5) is 41.3. The van der Waals surface area contributed by atoms with Crippen LogP contribution in [0.5, 0.6) is 11.5 Å². The Morgan fingerprint density at radius 3 is 2.48 bits per heavy atom. The Bertz CT molecular complexity index is 1680. The molecule has 7 N–H and O–H groups in total. The second kappa shape index (κ2) is 14.1. The highest BCUT2D eigenvalue weighted by molar-refractivity contribution is 6.24. The number of benzene rings is 2. The van der Waals surface area contributed by atoms with Crippen LogP contribution in [0, 0.1) is 11.8 Å². The lowest BCUT2D eigenvalue weighted by Crippen LogP contribution is -2.65. The van der Waals surface area contributed by atoms with Gasteiger partial charge in [-0.1, -0.05) is 25.5 Å². The van der Waals surface area contributed by atoms with E-state index in [-0.39, 0.29) is 29.7 Å². The van der Waals surface area contributed by atoms with Gasteiger partial charge in [0.2, 0.25) is 5.78 Å². The zero-order valence-corrected chi connectivity index (χ0v) is 27.8. The number of phenols is 1. The van der Waals surface area contributed by atoms with Gasteiger partial charge in [0.25, 0.3) is 5.91 Å². The summed E-state index contributed by atoms with van der Waals surface area (Å²) in [5.41, 5.74) is 4.65. The Balaban J connectivity index is 1.53. The number of fused-ring (bicyclic) bond motifs is 3. The molecule has 0 saturated heterocycles. The molecule has 1 fully saturated rings. The second-order valence-corrected chi connectivity index (χ2v) is 13.0. The number of rotatable bonds is 13. The Kier molecular flexibility index (Phi) is 10.3. The van der Waals surface area contributed by atoms with Crippen molar-refractivity contribution < 1.29 is 44.3 Å². The van der Waals surface area contributed by atoms with Crippen LogP contribution in [0.25, 0.3) is 16.9 Å². The van der Waals surface area contributed by atoms with Gasteiger partial charge in [0.05, 0.1) is 18.7 Å². The van der Waals surface area contributed by atoms with Gasteiger partial charge >= 0.3 is 0 Å². The third-order valence-electron chi connectivity index (χ3n) is 9.77. The van der Waals surface area contributed by atoms with Crippen LogP contribution in [0.4, 0.5) is 0 Å². The van der Waals surface area contributed by atoms with E-state index in [1.807, 2.05) is 18.2 Å². The molecule has 258 valence electrons. The monoisotopic (exact) mass is 663 g/mol. The highest BCUT2D eigenvalue weighted by atomic mass is 16.5. The summed E-state index contributed by atoms with van der Waals surface area (Å²) in [6.45, 7) is 4.94. The number of phenolic OH excluding ortho intramolecular Hbond substituents is 1. The fraction of sp³-hybridized carbons (Fsp3) is 0.472. The number of primary amides is 1. The highest BCUT2D eigenvalue weighted by Crippen LogP contribution is 2.54. The number of nitrogens with two attached hydrogens (primary N) is 1. The molecule has 5 rings (SSSR count). The Morgan fingerprint density at radius 2 is 1.81 bits per heavy atom. The molecule has 0 aromatic heterocycles. The van der Waals surface area contributed by atoms with Crippen molar-refractivity contribution in [2.75, 3.05) is 41.0 Å². The predicted octanol–water partition coefficient (Wildman–Crippen LogP) is 2.94. The first-order chi connectivity index (χ1) is 22.9. The number of aliphatic hydroxyl groups is 3. The fourth-order valence-electron chi connectivity index (χ4n) is 7.45. The van der Waals surface area contributed by atoms with E-state index in [9.17, 15) is 34.8 Å². The smallest absolute Gasteiger partial charge is 0.255 e. The maximum atomic E-state index is 14.2. The van der Waals surface area contributed by atoms with Crippen LogP contribution < -0.4 is 15.8 Å². The largest absolute Gasteiger partial charge is 0.508 e. The fourth-order valence-corrected chi connectivity index (χ4v) is 7.45. The van der Waals surface area contributed by atoms with Crippen LogP contribution in [0.1, 0.15) is 49.3 Å². The van der Waals surface area contributed by atoms with Crippen molar-refractivity contribution in [3.63, 3.8) is 0 Å². The quantitative estimate of drug-likeness (QED) is 0.136. The minimum atomic E-state index is -2.69. The molecule has 0 unspecified atom stereocenters. The minimum absolute atomic E-state index is 0.00408. The second-order valence-electron chi connectivity index (χ2n) is 13.0. The maximum Gasteiger partial charge on any atom is 0.255 e. The summed E-state index contributed by atoms with van der Waals surface area (Å²) < 4.78 is 11.4. The van der Waals surface area contributed by atoms with Crippen LogP contribution >= 0.6 is 0 Å². The number of ether oxygens (including phenoxy) is 2. The van der Waals surface area contributed by atoms with Gasteiger partial charge in [-0.3, -0.25) is 19.3 Å². The van der Waals surface area contributed by atoms with Crippen LogP contribution in [0.2, 0.25) is 0 Å². The van der Waals surface area contributed by atoms with Crippen molar-refractivity contribution in [1.82, 2.24) is 10.2 Å². The zero-order valence-electron chi connectivity index (χ0n) is 27.8. The van der Waals surface area contributed by atoms with Gasteiger partial charge in [-0.05, 0) is 87.1 Å². The molecule has 12 nitrogen and oxygen atoms in total. The summed E-state index contributed by atoms with van der Waals surface area (Å²) in [6.07, 6.45) is 3.19. The number of nitrogens with zero attached hydrogens (tertiary/aromatic N) is 1. The van der Waals surface area contributed by atoms with Crippen molar-refractivity contribution in [1.29, 1.82) is 0 Å². The van der Waals surface area contributed by atoms with Crippen LogP contribution in [0.15, 0.2) is 47.2 Å². The number of likely N-dealkylation sites (N-methyl/N-ethyl adjacent to an activating group) is 1. The molecular formula is C36H45N3O9. The first-order valence-corrected chi connectivity index (χ1v) is 16.3. The SMILES string of the molecule is CCCCOCCCNCc1ccc(OC)c(-c2ccc(O)c3c2C[C@H]2C[C@H]4[C@H](N(C)C)C(=O)C(C(N)=O)=C(O)[C@@]4(O)C(=O)C2=C3O)c1. The number of unbranched alkanes of at least 4 members (excludes halogenated alkanes) is 1. The van der Waals surface area contributed by atoms with Gasteiger partial charge in [0, 0.05) is 36.8 Å². The summed E-state index contributed by atoms with van der Waals surface area (Å²) in [6, 6.07) is 7.79. The molecular weight excluding hydrogens is 618 g/mol. The number of amides is 1. The Labute approximate surface area is 279 Å². The van der Waals surface area contributed by atoms with Gasteiger partial charge in [-0.25, -0.2) is 0 Å². The first-order valence-electron chi connectivity index (χ1n) is 16.3. The summed E-state index contributed by atoms with van der Waals surface area (Å²) >= 11 is 0. The van der Waals surface area contributed by atoms with Crippen molar-refractivity contribution in [2.45, 2.75) is 57.2 Å². The van der Waals surface area contributed by atoms with E-state index in [0.29, 0.717) is 30.0 Å². The average molecular weight is 664 g/mol. The lowest BCUT2D eigenvalue weighted by Gasteiger charge is -2.50. The van der Waals surface area contributed by atoms with E-state index in [2.05, 4.69) is 12.2 Å². The van der Waals surface area contributed by atoms with E-state index in [4.69, 9.17) is 15.2 Å². The standard InChI is InChI=1S/C36H45N3O9/c1-5-6-13-48-14-7-12-38-18-19-8-11-26(47-4)22(15-19)21-9-10-25(40)28-23(21)16-20-17-24-30(39(2)3)32(42)29(35(37)45)34(44)36(24,46)33(43)27(20)31(28)41/h8-11,15,20,24,30,38,40-41,44,46H,5-7,12-14,16-18H2,1-4H3,(H2,37,45)/t20-,24-,30-,36-/m0/s1. The molecule has 48 heavy (non-hydrogen) atoms. The lowest BCUT2D eigenvalue weighted by atomic mass is 9.57. The van der Waals surface area contributed by atoms with Crippen LogP contribution in [-0.4, -0.2) is 95.4 Å². The molecule has 0 aliphatic heterocycles. The molecule has 0 spiro atoms. The third-order valence-corrected chi connectivity index (χ3v) is 9.77. The molecule has 2 aromatic rings. The summed E-state index contributed by atoms with van der Waals surface area (Å²) in [5, 5.41) is 49.0. The first kappa shape index (κ1) is 35.1. The van der Waals surface area contributed by atoms with Gasteiger partial charge < -0.3 is 41.0 Å². The van der Waals surface area contributed by atoms with E-state index in [1.54, 1.807) is 27.3 Å². The van der Waals surface area contributed by atoms with Crippen molar-refractivity contribution in [3.05, 3.63) is 63.9 Å². The van der Waals surface area contributed by atoms with Crippen molar-refractivity contribution in [3.8, 4) is 22.6 Å². The summed E-state index contributed by atoms with van der Waals surface area (Å²) in [7, 11) is 4.69. The van der Waals surface area contributed by atoms with Crippen LogP contribution in [-0.2, 0) is 32.1 Å². The third kappa shape index (κ3) is 5.98. The van der Waals surface area contributed by atoms with E-state index >= 15 is 0 Å². The van der Waals surface area contributed by atoms with E-state index in [1.165, 1.54) is 11.0 Å². The number of hydrogen-bond acceptors (Lipinski definition) is 11. The molecule has 1 saturated carbocycles. The van der Waals surface area contributed by atoms with Gasteiger partial charge in [0.1, 0.15) is 28.6 Å². The molecule has 0 bridgehead atoms. The number of hydrogen-bond donors (Lipinski definition) is 6. The molecule has 0 radical (unpaired) electrons. The molecule has 3 aliphatic rings. The number of carbonyl (C=O) groups is 3. The molecule has 3 aliphatic carbocycles. The van der Waals surface area contributed by atoms with E-state index in [0.717, 1.165) is 43.5 Å². The number of methoxy groups -OCH3 is 1. The molecule has 12 heteroatoms. The van der Waals surface area contributed by atoms with Crippen LogP contribution in [0.3, 0.4) is 0 Å². The minimum Gasteiger partial charge on any atom is -0.508 e. The van der Waals surface area contributed by atoms with Crippen molar-refractivity contribution >= 4 is 23.2 Å². The van der Waals surface area contributed by atoms with Crippen molar-refractivity contribution in [2.24, 2.45) is 17.6 Å². The maximum absolute atomic E-state index is 14.2. The number of nitrogens with one attached hydrogen (secondary N) is 1. The predicted molar refractivity (Wildman–Crippen MR) is 178 cm³/mol. The topological polar surface area (TPSA) is 192 Å². The highest BCUT2D eigenvalue weighted by Gasteiger charge is 2.64. The normalized spacial score (nSPS) is 23.7. The molecule has 4 atom stereocenters. The number of carbonyl (C=O) groups excluding carboxylic acids is 3. The number of aromatic hydroxyl groups is 1. The van der Waals surface area contributed by atoms with Gasteiger partial charge in [-0.2, -0.15) is 0 Å². The number of ketones is 2. The van der Waals surface area contributed by atoms with Gasteiger partial charge in [-0.15, -0.1) is 0 Å². The Hall–Kier alpha value is -4.23. The number of aliphatic hydroxyl groups excluding tert-OH is 2. The van der Waals surface area contributed by atoms with E-state index < -0.39 is 58.0 Å². The number of Topliss-reactive ketones (excluding diaryl/α,β-unsaturated/α-hetero) is 2. The molecule has 0 heterocycles. The van der Waals surface area contributed by atoms with Gasteiger partial charge in [0.15, 0.2) is 11.4 Å². The zero-order chi connectivity index (χ0) is 34.9. The lowest BCUT2D eigenvalue weighted by molar-refractivity contribution is -0.153.